The standard InChI is InChI=1S/C24H25NO3S/c1-18-24(2,16-8-9-17-29(26,27)28)23-21-13-7-6-10-19(21)14-15-22(23)25(18)20-11-4-3-5-12-20/h3-7,10-15H,8-9,16-17H2,1-2H3/p+1. The van der Waals surface area contributed by atoms with Crippen LogP contribution < -0.4 is 4.58 Å². The summed E-state index contributed by atoms with van der Waals surface area (Å²) in [5.74, 6) is -0.188. The highest BCUT2D eigenvalue weighted by molar-refractivity contribution is 7.85. The molecule has 1 unspecified atom stereocenters. The summed E-state index contributed by atoms with van der Waals surface area (Å²) in [6.45, 7) is 4.43. The zero-order chi connectivity index (χ0) is 20.6. The van der Waals surface area contributed by atoms with E-state index >= 15 is 0 Å². The maximum absolute atomic E-state index is 11.1. The van der Waals surface area contributed by atoms with Crippen LogP contribution in [-0.2, 0) is 15.5 Å². The molecule has 0 spiro atoms. The van der Waals surface area contributed by atoms with Crippen LogP contribution in [0.15, 0.2) is 66.7 Å². The summed E-state index contributed by atoms with van der Waals surface area (Å²) in [6.07, 6.45) is 1.99. The van der Waals surface area contributed by atoms with Crippen LogP contribution in [-0.4, -0.2) is 24.4 Å². The molecular weight excluding hydrogens is 382 g/mol. The summed E-state index contributed by atoms with van der Waals surface area (Å²) in [4.78, 5) is 0. The van der Waals surface area contributed by atoms with Crippen LogP contribution in [0.4, 0.5) is 11.4 Å². The van der Waals surface area contributed by atoms with E-state index in [9.17, 15) is 8.42 Å². The molecule has 1 aliphatic rings. The summed E-state index contributed by atoms with van der Waals surface area (Å²) in [6, 6.07) is 23.1. The van der Waals surface area contributed by atoms with E-state index in [-0.39, 0.29) is 11.2 Å². The minimum Gasteiger partial charge on any atom is -0.286 e. The molecule has 4 nitrogen and oxygen atoms in total. The van der Waals surface area contributed by atoms with E-state index in [1.165, 1.54) is 27.7 Å². The van der Waals surface area contributed by atoms with Gasteiger partial charge >= 0.3 is 0 Å². The van der Waals surface area contributed by atoms with E-state index in [4.69, 9.17) is 4.55 Å². The third-order valence-electron chi connectivity index (χ3n) is 6.18. The molecule has 4 rings (SSSR count). The average molecular weight is 409 g/mol. The molecule has 0 saturated heterocycles. The largest absolute Gasteiger partial charge is 0.286 e. The smallest absolute Gasteiger partial charge is 0.264 e. The quantitative estimate of drug-likeness (QED) is 0.334. The third kappa shape index (κ3) is 3.61. The minimum atomic E-state index is -3.92. The van der Waals surface area contributed by atoms with Crippen LogP contribution in [0.5, 0.6) is 0 Å². The van der Waals surface area contributed by atoms with Crippen molar-refractivity contribution in [1.29, 1.82) is 0 Å². The Hall–Kier alpha value is -2.50. The molecule has 3 aromatic rings. The molecule has 0 aliphatic carbocycles. The van der Waals surface area contributed by atoms with E-state index in [0.29, 0.717) is 6.42 Å². The molecular formula is C24H26NO3S+. The highest BCUT2D eigenvalue weighted by Gasteiger charge is 2.47. The van der Waals surface area contributed by atoms with Gasteiger partial charge in [0.2, 0.25) is 11.4 Å². The second kappa shape index (κ2) is 7.39. The van der Waals surface area contributed by atoms with Crippen LogP contribution >= 0.6 is 0 Å². The lowest BCUT2D eigenvalue weighted by Crippen LogP contribution is -2.30. The van der Waals surface area contributed by atoms with Crippen molar-refractivity contribution in [3.05, 3.63) is 72.3 Å². The van der Waals surface area contributed by atoms with Gasteiger partial charge < -0.3 is 0 Å². The van der Waals surface area contributed by atoms with Crippen LogP contribution in [0.25, 0.3) is 10.8 Å². The summed E-state index contributed by atoms with van der Waals surface area (Å²) in [7, 11) is -3.92. The van der Waals surface area contributed by atoms with Gasteiger partial charge in [-0.25, -0.2) is 0 Å². The van der Waals surface area contributed by atoms with E-state index in [1.807, 2.05) is 18.2 Å². The number of hydrogen-bond acceptors (Lipinski definition) is 2. The zero-order valence-electron chi connectivity index (χ0n) is 16.8. The Kier molecular flexibility index (Phi) is 5.05. The molecule has 1 aliphatic heterocycles. The Bertz CT molecular complexity index is 1200. The molecule has 1 heterocycles. The van der Waals surface area contributed by atoms with Crippen molar-refractivity contribution in [3.63, 3.8) is 0 Å². The van der Waals surface area contributed by atoms with Gasteiger partial charge in [0.1, 0.15) is 0 Å². The molecule has 1 atom stereocenters. The van der Waals surface area contributed by atoms with Gasteiger partial charge in [0.15, 0.2) is 5.71 Å². The molecule has 0 aromatic heterocycles. The Morgan fingerprint density at radius 2 is 1.62 bits per heavy atom. The molecule has 0 saturated carbocycles. The first-order valence-electron chi connectivity index (χ1n) is 9.98. The molecule has 0 fully saturated rings. The molecule has 0 radical (unpaired) electrons. The summed E-state index contributed by atoms with van der Waals surface area (Å²) in [5.41, 5.74) is 4.63. The Balaban J connectivity index is 1.84. The average Bonchev–Trinajstić information content (AvgIpc) is 2.93. The number of unbranched alkanes of at least 4 members (excludes halogenated alkanes) is 1. The highest BCUT2D eigenvalue weighted by atomic mass is 32.2. The van der Waals surface area contributed by atoms with Gasteiger partial charge in [-0.15, -0.1) is 0 Å². The predicted molar refractivity (Wildman–Crippen MR) is 120 cm³/mol. The van der Waals surface area contributed by atoms with Crippen LogP contribution in [0, 0.1) is 0 Å². The van der Waals surface area contributed by atoms with Gasteiger partial charge in [0.25, 0.3) is 10.1 Å². The van der Waals surface area contributed by atoms with Crippen LogP contribution in [0.2, 0.25) is 0 Å². The molecule has 3 aromatic carbocycles. The molecule has 1 N–H and O–H groups in total. The van der Waals surface area contributed by atoms with Crippen molar-refractivity contribution >= 4 is 38.0 Å². The zero-order valence-corrected chi connectivity index (χ0v) is 17.6. The van der Waals surface area contributed by atoms with Gasteiger partial charge in [0.05, 0.1) is 11.2 Å². The summed E-state index contributed by atoms with van der Waals surface area (Å²) < 4.78 is 33.6. The molecule has 0 bridgehead atoms. The maximum Gasteiger partial charge on any atom is 0.264 e. The van der Waals surface area contributed by atoms with Gasteiger partial charge in [-0.2, -0.15) is 13.0 Å². The fraction of sp³-hybridized carbons (Fsp3) is 0.292. The lowest BCUT2D eigenvalue weighted by atomic mass is 9.74. The third-order valence-corrected chi connectivity index (χ3v) is 6.98. The lowest BCUT2D eigenvalue weighted by molar-refractivity contribution is 0.475. The normalized spacial score (nSPS) is 19.0. The SMILES string of the molecule is CC1=[N+](c2ccccc2)c2ccc3ccccc3c2C1(C)CCCCS(=O)(=O)O. The second-order valence-electron chi connectivity index (χ2n) is 8.01. The van der Waals surface area contributed by atoms with E-state index < -0.39 is 10.1 Å². The number of fused-ring (bicyclic) bond motifs is 3. The topological polar surface area (TPSA) is 57.4 Å². The molecule has 5 heteroatoms. The molecule has 0 amide bonds. The number of rotatable bonds is 6. The van der Waals surface area contributed by atoms with Crippen LogP contribution in [0.1, 0.15) is 38.7 Å². The number of hydrogen-bond donors (Lipinski definition) is 1. The Labute approximate surface area is 172 Å². The van der Waals surface area contributed by atoms with Crippen molar-refractivity contribution < 1.29 is 13.0 Å². The van der Waals surface area contributed by atoms with Crippen molar-refractivity contribution in [2.75, 3.05) is 5.75 Å². The number of para-hydroxylation sites is 1. The minimum absolute atomic E-state index is 0.188. The van der Waals surface area contributed by atoms with Gasteiger partial charge in [0, 0.05) is 30.7 Å². The fourth-order valence-electron chi connectivity index (χ4n) is 4.61. The lowest BCUT2D eigenvalue weighted by Gasteiger charge is -2.23. The maximum atomic E-state index is 11.1. The summed E-state index contributed by atoms with van der Waals surface area (Å²) >= 11 is 0. The Morgan fingerprint density at radius 1 is 0.931 bits per heavy atom. The van der Waals surface area contributed by atoms with Crippen molar-refractivity contribution in [1.82, 2.24) is 4.58 Å². The van der Waals surface area contributed by atoms with E-state index in [0.717, 1.165) is 18.5 Å². The second-order valence-corrected chi connectivity index (χ2v) is 9.58. The van der Waals surface area contributed by atoms with E-state index in [2.05, 4.69) is 67.0 Å². The Morgan fingerprint density at radius 3 is 2.34 bits per heavy atom. The van der Waals surface area contributed by atoms with Crippen molar-refractivity contribution in [2.45, 2.75) is 38.5 Å². The highest BCUT2D eigenvalue weighted by Crippen LogP contribution is 2.47. The van der Waals surface area contributed by atoms with Crippen molar-refractivity contribution in [3.8, 4) is 0 Å². The first-order valence-corrected chi connectivity index (χ1v) is 11.6. The number of benzene rings is 3. The predicted octanol–water partition coefficient (Wildman–Crippen LogP) is 5.46. The van der Waals surface area contributed by atoms with Gasteiger partial charge in [-0.3, -0.25) is 4.55 Å². The van der Waals surface area contributed by atoms with Gasteiger partial charge in [-0.05, 0) is 36.6 Å². The van der Waals surface area contributed by atoms with E-state index in [1.54, 1.807) is 0 Å². The monoisotopic (exact) mass is 408 g/mol. The molecule has 29 heavy (non-hydrogen) atoms. The van der Waals surface area contributed by atoms with Gasteiger partial charge in [-0.1, -0.05) is 48.9 Å². The first-order chi connectivity index (χ1) is 13.8. The van der Waals surface area contributed by atoms with Crippen molar-refractivity contribution in [2.24, 2.45) is 0 Å². The summed E-state index contributed by atoms with van der Waals surface area (Å²) in [5, 5.41) is 2.44. The first kappa shape index (κ1) is 19.8. The fourth-order valence-corrected chi connectivity index (χ4v) is 5.18. The molecule has 150 valence electrons. The van der Waals surface area contributed by atoms with Crippen LogP contribution in [0.3, 0.4) is 0 Å². The number of nitrogens with zero attached hydrogens (tertiary/aromatic N) is 1.